The number of rotatable bonds is 5. The zero-order valence-corrected chi connectivity index (χ0v) is 16.5. The van der Waals surface area contributed by atoms with Crippen molar-refractivity contribution in [2.24, 2.45) is 0 Å². The minimum Gasteiger partial charge on any atom is -0.459 e. The Morgan fingerprint density at radius 3 is 1.81 bits per heavy atom. The predicted octanol–water partition coefficient (Wildman–Crippen LogP) is 4.37. The van der Waals surface area contributed by atoms with Crippen molar-refractivity contribution in [1.29, 1.82) is 0 Å². The van der Waals surface area contributed by atoms with Gasteiger partial charge in [0.1, 0.15) is 17.1 Å². The first-order chi connectivity index (χ1) is 11.9. The number of carbonyl (C=O) groups is 1. The van der Waals surface area contributed by atoms with Crippen LogP contribution in [0.1, 0.15) is 34.6 Å². The molecule has 26 heavy (non-hydrogen) atoms. The molecule has 2 aromatic carbocycles. The van der Waals surface area contributed by atoms with Crippen LogP contribution in [0.5, 0.6) is 11.5 Å². The molecule has 0 amide bonds. The van der Waals surface area contributed by atoms with Crippen LogP contribution < -0.4 is 4.74 Å². The summed E-state index contributed by atoms with van der Waals surface area (Å²) in [6, 6.07) is 15.2. The summed E-state index contributed by atoms with van der Waals surface area (Å²) in [5.74, 6) is 0.372. The maximum Gasteiger partial charge on any atom is 0.327 e. The van der Waals surface area contributed by atoms with E-state index in [1.54, 1.807) is 45.0 Å². The smallest absolute Gasteiger partial charge is 0.327 e. The zero-order valence-electron chi connectivity index (χ0n) is 15.6. The van der Waals surface area contributed by atoms with Crippen molar-refractivity contribution in [3.63, 3.8) is 0 Å². The third kappa shape index (κ3) is 4.43. The molecule has 0 atom stereocenters. The van der Waals surface area contributed by atoms with Crippen LogP contribution in [0.25, 0.3) is 0 Å². The molecular weight excluding hydrogens is 352 g/mol. The van der Waals surface area contributed by atoms with Gasteiger partial charge >= 0.3 is 5.97 Å². The standard InChI is InChI=1S/C20H24O5S/c1-19(2,3)25-18(21)20(4,5)26(22,23)17-13-11-16(12-14-17)24-15-9-7-6-8-10-15/h6-14H,1-5H3. The molecule has 0 bridgehead atoms. The van der Waals surface area contributed by atoms with Crippen molar-refractivity contribution in [2.45, 2.75) is 49.9 Å². The first-order valence-corrected chi connectivity index (χ1v) is 9.73. The lowest BCUT2D eigenvalue weighted by molar-refractivity contribution is -0.157. The Balaban J connectivity index is 2.24. The molecule has 0 N–H and O–H groups in total. The van der Waals surface area contributed by atoms with Crippen LogP contribution in [0, 0.1) is 0 Å². The van der Waals surface area contributed by atoms with Gasteiger partial charge in [-0.3, -0.25) is 4.79 Å². The van der Waals surface area contributed by atoms with Gasteiger partial charge in [0, 0.05) is 0 Å². The van der Waals surface area contributed by atoms with Crippen LogP contribution in [-0.4, -0.2) is 24.7 Å². The minimum absolute atomic E-state index is 0.0359. The van der Waals surface area contributed by atoms with Gasteiger partial charge < -0.3 is 9.47 Å². The number of carbonyl (C=O) groups excluding carboxylic acids is 1. The number of hydrogen-bond acceptors (Lipinski definition) is 5. The molecule has 2 rings (SSSR count). The largest absolute Gasteiger partial charge is 0.459 e. The average molecular weight is 376 g/mol. The van der Waals surface area contributed by atoms with Gasteiger partial charge in [0.15, 0.2) is 14.6 Å². The van der Waals surface area contributed by atoms with E-state index in [0.29, 0.717) is 11.5 Å². The summed E-state index contributed by atoms with van der Waals surface area (Å²) in [5, 5.41) is 0. The van der Waals surface area contributed by atoms with Crippen molar-refractivity contribution < 1.29 is 22.7 Å². The van der Waals surface area contributed by atoms with Crippen molar-refractivity contribution >= 4 is 15.8 Å². The molecule has 0 aliphatic rings. The highest BCUT2D eigenvalue weighted by molar-refractivity contribution is 7.93. The molecule has 0 aromatic heterocycles. The van der Waals surface area contributed by atoms with E-state index in [-0.39, 0.29) is 4.90 Å². The van der Waals surface area contributed by atoms with Gasteiger partial charge in [0.25, 0.3) is 0 Å². The topological polar surface area (TPSA) is 69.7 Å². The molecule has 0 radical (unpaired) electrons. The first kappa shape index (κ1) is 20.0. The van der Waals surface area contributed by atoms with E-state index < -0.39 is 26.2 Å². The Hall–Kier alpha value is -2.34. The minimum atomic E-state index is -3.93. The highest BCUT2D eigenvalue weighted by Gasteiger charge is 2.45. The Bertz CT molecular complexity index is 861. The van der Waals surface area contributed by atoms with E-state index >= 15 is 0 Å². The lowest BCUT2D eigenvalue weighted by Gasteiger charge is -2.28. The third-order valence-corrected chi connectivity index (χ3v) is 6.08. The highest BCUT2D eigenvalue weighted by Crippen LogP contribution is 2.30. The molecule has 0 spiro atoms. The molecule has 0 saturated heterocycles. The summed E-state index contributed by atoms with van der Waals surface area (Å²) < 4.78 is 35.0. The molecule has 5 nitrogen and oxygen atoms in total. The summed E-state index contributed by atoms with van der Waals surface area (Å²) >= 11 is 0. The molecule has 6 heteroatoms. The van der Waals surface area contributed by atoms with Gasteiger partial charge in [-0.15, -0.1) is 0 Å². The summed E-state index contributed by atoms with van der Waals surface area (Å²) in [6.07, 6.45) is 0. The molecule has 140 valence electrons. The summed E-state index contributed by atoms with van der Waals surface area (Å²) in [4.78, 5) is 12.4. The maximum absolute atomic E-state index is 12.9. The fourth-order valence-corrected chi connectivity index (χ4v) is 3.46. The third-order valence-electron chi connectivity index (χ3n) is 3.68. The van der Waals surface area contributed by atoms with Crippen LogP contribution >= 0.6 is 0 Å². The predicted molar refractivity (Wildman–Crippen MR) is 100 cm³/mol. The van der Waals surface area contributed by atoms with Crippen molar-refractivity contribution in [1.82, 2.24) is 0 Å². The SMILES string of the molecule is CC(C)(C)OC(=O)C(C)(C)S(=O)(=O)c1ccc(Oc2ccccc2)cc1. The first-order valence-electron chi connectivity index (χ1n) is 8.24. The summed E-state index contributed by atoms with van der Waals surface area (Å²) in [5.41, 5.74) is -0.767. The van der Waals surface area contributed by atoms with Crippen molar-refractivity contribution in [2.75, 3.05) is 0 Å². The highest BCUT2D eigenvalue weighted by atomic mass is 32.2. The molecular formula is C20H24O5S. The van der Waals surface area contributed by atoms with E-state index in [9.17, 15) is 13.2 Å². The van der Waals surface area contributed by atoms with Crippen LogP contribution in [0.3, 0.4) is 0 Å². The van der Waals surface area contributed by atoms with E-state index in [4.69, 9.17) is 9.47 Å². The number of benzene rings is 2. The molecule has 2 aromatic rings. The number of ether oxygens (including phenoxy) is 2. The lowest BCUT2D eigenvalue weighted by Crippen LogP contribution is -2.44. The molecule has 0 heterocycles. The number of para-hydroxylation sites is 1. The van der Waals surface area contributed by atoms with Crippen LogP contribution in [0.15, 0.2) is 59.5 Å². The molecule has 0 unspecified atom stereocenters. The molecule has 0 fully saturated rings. The van der Waals surface area contributed by atoms with E-state index in [1.807, 2.05) is 18.2 Å². The second-order valence-corrected chi connectivity index (χ2v) is 9.90. The number of esters is 1. The number of sulfone groups is 1. The van der Waals surface area contributed by atoms with Gasteiger partial charge in [-0.05, 0) is 71.0 Å². The van der Waals surface area contributed by atoms with Gasteiger partial charge in [0.05, 0.1) is 4.90 Å². The maximum atomic E-state index is 12.9. The van der Waals surface area contributed by atoms with E-state index in [1.165, 1.54) is 26.0 Å². The Labute approximate surface area is 154 Å². The van der Waals surface area contributed by atoms with Crippen LogP contribution in [0.2, 0.25) is 0 Å². The van der Waals surface area contributed by atoms with Gasteiger partial charge in [-0.25, -0.2) is 8.42 Å². The summed E-state index contributed by atoms with van der Waals surface area (Å²) in [6.45, 7) is 7.80. The summed E-state index contributed by atoms with van der Waals surface area (Å²) in [7, 11) is -3.93. The molecule has 0 aliphatic heterocycles. The Kier molecular flexibility index (Phi) is 5.47. The van der Waals surface area contributed by atoms with Crippen molar-refractivity contribution in [3.05, 3.63) is 54.6 Å². The number of hydrogen-bond donors (Lipinski definition) is 0. The van der Waals surface area contributed by atoms with E-state index in [2.05, 4.69) is 0 Å². The fraction of sp³-hybridized carbons (Fsp3) is 0.350. The fourth-order valence-electron chi connectivity index (χ4n) is 2.12. The van der Waals surface area contributed by atoms with E-state index in [0.717, 1.165) is 0 Å². The average Bonchev–Trinajstić information content (AvgIpc) is 2.54. The van der Waals surface area contributed by atoms with Gasteiger partial charge in [-0.2, -0.15) is 0 Å². The van der Waals surface area contributed by atoms with Gasteiger partial charge in [0.2, 0.25) is 0 Å². The second kappa shape index (κ2) is 7.11. The quantitative estimate of drug-likeness (QED) is 0.725. The molecule has 0 saturated carbocycles. The van der Waals surface area contributed by atoms with Crippen molar-refractivity contribution in [3.8, 4) is 11.5 Å². The zero-order chi connectivity index (χ0) is 19.6. The Morgan fingerprint density at radius 2 is 1.31 bits per heavy atom. The lowest BCUT2D eigenvalue weighted by atomic mass is 10.1. The Morgan fingerprint density at radius 1 is 0.808 bits per heavy atom. The monoisotopic (exact) mass is 376 g/mol. The second-order valence-electron chi connectivity index (χ2n) is 7.40. The van der Waals surface area contributed by atoms with Crippen LogP contribution in [0.4, 0.5) is 0 Å². The van der Waals surface area contributed by atoms with Crippen LogP contribution in [-0.2, 0) is 19.4 Å². The molecule has 0 aliphatic carbocycles. The van der Waals surface area contributed by atoms with Gasteiger partial charge in [-0.1, -0.05) is 18.2 Å². The normalized spacial score (nSPS) is 12.5.